The number of carbonyl (C=O) groups excluding carboxylic acids is 1. The largest absolute Gasteiger partial charge is 0.489 e. The SMILES string of the molecule is O=C(Nc1ccc(F)cc1)c1csc(-c2ccc(OCc3c(F)cccc3F)cc2)n1. The van der Waals surface area contributed by atoms with Gasteiger partial charge in [-0.3, -0.25) is 4.79 Å². The summed E-state index contributed by atoms with van der Waals surface area (Å²) in [5.41, 5.74) is 1.33. The standard InChI is InChI=1S/C23H15F3N2O2S/c24-15-6-8-16(9-7-15)27-22(29)21-13-31-23(28-21)14-4-10-17(11-5-14)30-12-18-19(25)2-1-3-20(18)26/h1-11,13H,12H2,(H,27,29). The molecule has 0 spiro atoms. The Hall–Kier alpha value is -3.65. The highest BCUT2D eigenvalue weighted by Gasteiger charge is 2.13. The molecule has 0 unspecified atom stereocenters. The molecule has 156 valence electrons. The van der Waals surface area contributed by atoms with Gasteiger partial charge in [0, 0.05) is 16.6 Å². The topological polar surface area (TPSA) is 51.2 Å². The first kappa shape index (κ1) is 20.6. The molecule has 0 atom stereocenters. The maximum Gasteiger partial charge on any atom is 0.275 e. The number of thiazole rings is 1. The summed E-state index contributed by atoms with van der Waals surface area (Å²) in [7, 11) is 0. The minimum absolute atomic E-state index is 0.136. The molecule has 1 aromatic heterocycles. The Balaban J connectivity index is 1.41. The van der Waals surface area contributed by atoms with Crippen molar-refractivity contribution >= 4 is 22.9 Å². The molecule has 1 heterocycles. The maximum atomic E-state index is 13.7. The van der Waals surface area contributed by atoms with E-state index in [1.54, 1.807) is 29.6 Å². The number of anilines is 1. The lowest BCUT2D eigenvalue weighted by molar-refractivity contribution is 0.102. The Kier molecular flexibility index (Phi) is 5.99. The average Bonchev–Trinajstić information content (AvgIpc) is 3.26. The molecular weight excluding hydrogens is 425 g/mol. The van der Waals surface area contributed by atoms with E-state index < -0.39 is 17.5 Å². The lowest BCUT2D eigenvalue weighted by Gasteiger charge is -2.08. The molecule has 0 saturated carbocycles. The number of nitrogens with zero attached hydrogens (tertiary/aromatic N) is 1. The lowest BCUT2D eigenvalue weighted by Crippen LogP contribution is -2.12. The molecule has 1 N–H and O–H groups in total. The van der Waals surface area contributed by atoms with E-state index in [9.17, 15) is 18.0 Å². The third-order valence-electron chi connectivity index (χ3n) is 4.39. The van der Waals surface area contributed by atoms with E-state index in [0.717, 1.165) is 5.56 Å². The molecule has 4 rings (SSSR count). The first-order chi connectivity index (χ1) is 15.0. The molecule has 0 aliphatic heterocycles. The van der Waals surface area contributed by atoms with Crippen molar-refractivity contribution in [2.75, 3.05) is 5.32 Å². The van der Waals surface area contributed by atoms with Gasteiger partial charge in [-0.15, -0.1) is 11.3 Å². The quantitative estimate of drug-likeness (QED) is 0.397. The summed E-state index contributed by atoms with van der Waals surface area (Å²) in [6.07, 6.45) is 0. The normalized spacial score (nSPS) is 10.7. The van der Waals surface area contributed by atoms with Crippen LogP contribution in [-0.2, 0) is 6.61 Å². The summed E-state index contributed by atoms with van der Waals surface area (Å²) in [4.78, 5) is 16.7. The number of hydrogen-bond donors (Lipinski definition) is 1. The summed E-state index contributed by atoms with van der Waals surface area (Å²) >= 11 is 1.29. The van der Waals surface area contributed by atoms with Crippen LogP contribution in [-0.4, -0.2) is 10.9 Å². The molecule has 0 aliphatic rings. The van der Waals surface area contributed by atoms with Crippen LogP contribution in [0.15, 0.2) is 72.1 Å². The zero-order valence-electron chi connectivity index (χ0n) is 15.9. The van der Waals surface area contributed by atoms with Crippen molar-refractivity contribution in [1.29, 1.82) is 0 Å². The maximum absolute atomic E-state index is 13.7. The number of hydrogen-bond acceptors (Lipinski definition) is 4. The highest BCUT2D eigenvalue weighted by molar-refractivity contribution is 7.13. The summed E-state index contributed by atoms with van der Waals surface area (Å²) < 4.78 is 45.8. The minimum atomic E-state index is -0.661. The molecule has 0 radical (unpaired) electrons. The number of halogens is 3. The summed E-state index contributed by atoms with van der Waals surface area (Å²) in [6.45, 7) is -0.233. The smallest absolute Gasteiger partial charge is 0.275 e. The minimum Gasteiger partial charge on any atom is -0.489 e. The van der Waals surface area contributed by atoms with Crippen LogP contribution < -0.4 is 10.1 Å². The first-order valence-corrected chi connectivity index (χ1v) is 10.1. The second-order valence-electron chi connectivity index (χ2n) is 6.51. The third kappa shape index (κ3) is 4.92. The van der Waals surface area contributed by atoms with Crippen molar-refractivity contribution in [1.82, 2.24) is 4.98 Å². The van der Waals surface area contributed by atoms with Crippen molar-refractivity contribution in [3.05, 3.63) is 101 Å². The van der Waals surface area contributed by atoms with Gasteiger partial charge in [0.2, 0.25) is 0 Å². The van der Waals surface area contributed by atoms with Crippen molar-refractivity contribution in [3.63, 3.8) is 0 Å². The first-order valence-electron chi connectivity index (χ1n) is 9.18. The van der Waals surface area contributed by atoms with Gasteiger partial charge in [-0.25, -0.2) is 18.2 Å². The fourth-order valence-electron chi connectivity index (χ4n) is 2.76. The summed E-state index contributed by atoms with van der Waals surface area (Å²) in [5.74, 6) is -1.67. The van der Waals surface area contributed by atoms with Gasteiger partial charge in [-0.1, -0.05) is 6.07 Å². The van der Waals surface area contributed by atoms with Crippen molar-refractivity contribution in [2.24, 2.45) is 0 Å². The molecule has 3 aromatic carbocycles. The van der Waals surface area contributed by atoms with E-state index in [-0.39, 0.29) is 23.7 Å². The van der Waals surface area contributed by atoms with Gasteiger partial charge in [-0.05, 0) is 60.7 Å². The van der Waals surface area contributed by atoms with Gasteiger partial charge in [-0.2, -0.15) is 0 Å². The second kappa shape index (κ2) is 9.01. The van der Waals surface area contributed by atoms with Crippen LogP contribution in [0.4, 0.5) is 18.9 Å². The number of aromatic nitrogens is 1. The van der Waals surface area contributed by atoms with Crippen LogP contribution in [0.25, 0.3) is 10.6 Å². The van der Waals surface area contributed by atoms with Crippen LogP contribution >= 0.6 is 11.3 Å². The van der Waals surface area contributed by atoms with Crippen LogP contribution in [0.1, 0.15) is 16.1 Å². The Labute approximate surface area is 180 Å². The highest BCUT2D eigenvalue weighted by atomic mass is 32.1. The predicted molar refractivity (Wildman–Crippen MR) is 113 cm³/mol. The zero-order valence-corrected chi connectivity index (χ0v) is 16.8. The Morgan fingerprint density at radius 1 is 0.935 bits per heavy atom. The van der Waals surface area contributed by atoms with E-state index in [0.29, 0.717) is 16.4 Å². The van der Waals surface area contributed by atoms with Gasteiger partial charge in [0.05, 0.1) is 5.56 Å². The average molecular weight is 440 g/mol. The van der Waals surface area contributed by atoms with E-state index in [1.165, 1.54) is 53.8 Å². The van der Waals surface area contributed by atoms with Gasteiger partial charge >= 0.3 is 0 Å². The molecule has 1 amide bonds. The van der Waals surface area contributed by atoms with E-state index in [1.807, 2.05) is 0 Å². The molecule has 0 aliphatic carbocycles. The number of rotatable bonds is 6. The molecule has 0 saturated heterocycles. The number of benzene rings is 3. The number of ether oxygens (including phenoxy) is 1. The molecular formula is C23H15F3N2O2S. The molecule has 4 nitrogen and oxygen atoms in total. The molecule has 8 heteroatoms. The molecule has 0 fully saturated rings. The highest BCUT2D eigenvalue weighted by Crippen LogP contribution is 2.27. The summed E-state index contributed by atoms with van der Waals surface area (Å²) in [6, 6.07) is 15.9. The third-order valence-corrected chi connectivity index (χ3v) is 5.28. The molecule has 4 aromatic rings. The Morgan fingerprint density at radius 3 is 2.29 bits per heavy atom. The fraction of sp³-hybridized carbons (Fsp3) is 0.0435. The van der Waals surface area contributed by atoms with Gasteiger partial charge in [0.1, 0.15) is 40.5 Å². The second-order valence-corrected chi connectivity index (χ2v) is 7.37. The van der Waals surface area contributed by atoms with E-state index in [4.69, 9.17) is 4.74 Å². The monoisotopic (exact) mass is 440 g/mol. The van der Waals surface area contributed by atoms with Crippen LogP contribution in [0.2, 0.25) is 0 Å². The van der Waals surface area contributed by atoms with Crippen molar-refractivity contribution < 1.29 is 22.7 Å². The van der Waals surface area contributed by atoms with E-state index in [2.05, 4.69) is 10.3 Å². The Bertz CT molecular complexity index is 1190. The van der Waals surface area contributed by atoms with Crippen LogP contribution in [0.3, 0.4) is 0 Å². The number of carbonyl (C=O) groups is 1. The van der Waals surface area contributed by atoms with Gasteiger partial charge in [0.15, 0.2) is 0 Å². The fourth-order valence-corrected chi connectivity index (χ4v) is 3.56. The molecule has 0 bridgehead atoms. The van der Waals surface area contributed by atoms with Gasteiger partial charge in [0.25, 0.3) is 5.91 Å². The van der Waals surface area contributed by atoms with Crippen molar-refractivity contribution in [2.45, 2.75) is 6.61 Å². The van der Waals surface area contributed by atoms with Crippen LogP contribution in [0, 0.1) is 17.5 Å². The molecule has 31 heavy (non-hydrogen) atoms. The Morgan fingerprint density at radius 2 is 1.61 bits per heavy atom. The van der Waals surface area contributed by atoms with E-state index >= 15 is 0 Å². The van der Waals surface area contributed by atoms with Crippen LogP contribution in [0.5, 0.6) is 5.75 Å². The predicted octanol–water partition coefficient (Wildman–Crippen LogP) is 6.06. The number of nitrogens with one attached hydrogen (secondary N) is 1. The zero-order chi connectivity index (χ0) is 21.8. The summed E-state index contributed by atoms with van der Waals surface area (Å²) in [5, 5.41) is 4.90. The lowest BCUT2D eigenvalue weighted by atomic mass is 10.2. The number of amides is 1. The van der Waals surface area contributed by atoms with Crippen molar-refractivity contribution in [3.8, 4) is 16.3 Å². The van der Waals surface area contributed by atoms with Gasteiger partial charge < -0.3 is 10.1 Å².